The van der Waals surface area contributed by atoms with E-state index < -0.39 is 0 Å². The number of ether oxygens (including phenoxy) is 1. The van der Waals surface area contributed by atoms with E-state index in [1.165, 1.54) is 7.11 Å². The van der Waals surface area contributed by atoms with Crippen molar-refractivity contribution in [3.8, 4) is 12.3 Å². The Morgan fingerprint density at radius 3 is 2.80 bits per heavy atom. The molecule has 0 fully saturated rings. The number of methoxy groups -OCH3 is 1. The van der Waals surface area contributed by atoms with Crippen LogP contribution in [0, 0.1) is 12.3 Å². The third-order valence-corrected chi connectivity index (χ3v) is 2.05. The zero-order valence-electron chi connectivity index (χ0n) is 8.86. The second-order valence-electron chi connectivity index (χ2n) is 3.07. The van der Waals surface area contributed by atoms with Gasteiger partial charge in [0.2, 0.25) is 0 Å². The quantitative estimate of drug-likeness (QED) is 0.551. The Kier molecular flexibility index (Phi) is 3.75. The molecule has 0 aliphatic rings. The molecular formula is C12H13NO2. The van der Waals surface area contributed by atoms with Gasteiger partial charge in [0.1, 0.15) is 0 Å². The van der Waals surface area contributed by atoms with Crippen LogP contribution in [-0.4, -0.2) is 26.7 Å². The molecule has 0 amide bonds. The lowest BCUT2D eigenvalue weighted by atomic mass is 10.1. The number of para-hydroxylation sites is 1. The zero-order chi connectivity index (χ0) is 11.3. The number of benzene rings is 1. The molecule has 0 aliphatic carbocycles. The normalized spacial score (nSPS) is 9.13. The third kappa shape index (κ3) is 2.50. The first-order valence-electron chi connectivity index (χ1n) is 4.52. The first-order chi connectivity index (χ1) is 7.20. The number of carbonyl (C=O) groups is 1. The molecule has 0 bridgehead atoms. The third-order valence-electron chi connectivity index (χ3n) is 2.05. The summed E-state index contributed by atoms with van der Waals surface area (Å²) in [7, 11) is 3.20. The summed E-state index contributed by atoms with van der Waals surface area (Å²) < 4.78 is 4.69. The fourth-order valence-electron chi connectivity index (χ4n) is 1.31. The Hall–Kier alpha value is -1.95. The van der Waals surface area contributed by atoms with Crippen LogP contribution >= 0.6 is 0 Å². The molecule has 1 aromatic rings. The van der Waals surface area contributed by atoms with Gasteiger partial charge in [0, 0.05) is 7.05 Å². The minimum Gasteiger partial charge on any atom is -0.465 e. The summed E-state index contributed by atoms with van der Waals surface area (Å²) >= 11 is 0. The van der Waals surface area contributed by atoms with E-state index in [0.717, 1.165) is 5.69 Å². The lowest BCUT2D eigenvalue weighted by molar-refractivity contribution is 0.0601. The highest BCUT2D eigenvalue weighted by Crippen LogP contribution is 2.19. The van der Waals surface area contributed by atoms with E-state index in [9.17, 15) is 4.79 Å². The Bertz CT molecular complexity index is 393. The number of terminal acetylenes is 1. The Balaban J connectivity index is 3.07. The van der Waals surface area contributed by atoms with Crippen molar-refractivity contribution in [2.24, 2.45) is 0 Å². The zero-order valence-corrected chi connectivity index (χ0v) is 8.86. The molecule has 0 saturated carbocycles. The van der Waals surface area contributed by atoms with Crippen molar-refractivity contribution in [1.82, 2.24) is 0 Å². The molecular weight excluding hydrogens is 190 g/mol. The van der Waals surface area contributed by atoms with Crippen molar-refractivity contribution in [3.05, 3.63) is 29.8 Å². The molecule has 1 aromatic carbocycles. The first kappa shape index (κ1) is 11.1. The maximum atomic E-state index is 11.4. The monoisotopic (exact) mass is 203 g/mol. The van der Waals surface area contributed by atoms with E-state index in [-0.39, 0.29) is 5.97 Å². The summed E-state index contributed by atoms with van der Waals surface area (Å²) in [5.74, 6) is 2.17. The lowest BCUT2D eigenvalue weighted by Crippen LogP contribution is -2.20. The van der Waals surface area contributed by atoms with Gasteiger partial charge >= 0.3 is 5.97 Å². The Labute approximate surface area is 89.7 Å². The molecule has 0 heterocycles. The van der Waals surface area contributed by atoms with Crippen LogP contribution in [0.2, 0.25) is 0 Å². The predicted molar refractivity (Wildman–Crippen MR) is 59.9 cm³/mol. The van der Waals surface area contributed by atoms with E-state index in [4.69, 9.17) is 6.42 Å². The smallest absolute Gasteiger partial charge is 0.339 e. The van der Waals surface area contributed by atoms with Gasteiger partial charge in [-0.1, -0.05) is 18.1 Å². The summed E-state index contributed by atoms with van der Waals surface area (Å²) in [6, 6.07) is 7.20. The molecule has 0 N–H and O–H groups in total. The molecule has 0 radical (unpaired) electrons. The minimum atomic E-state index is -0.352. The van der Waals surface area contributed by atoms with E-state index >= 15 is 0 Å². The van der Waals surface area contributed by atoms with E-state index in [2.05, 4.69) is 10.7 Å². The topological polar surface area (TPSA) is 29.5 Å². The van der Waals surface area contributed by atoms with Gasteiger partial charge in [0.05, 0.1) is 24.9 Å². The molecule has 0 unspecified atom stereocenters. The molecule has 0 saturated heterocycles. The first-order valence-corrected chi connectivity index (χ1v) is 4.52. The standard InChI is InChI=1S/C12H13NO2/c1-4-9-13(2)11-8-6-5-7-10(11)12(14)15-3/h1,5-8H,9H2,2-3H3. The molecule has 3 nitrogen and oxygen atoms in total. The van der Waals surface area contributed by atoms with Crippen molar-refractivity contribution in [2.75, 3.05) is 25.6 Å². The van der Waals surface area contributed by atoms with E-state index in [1.54, 1.807) is 12.1 Å². The van der Waals surface area contributed by atoms with Crippen LogP contribution in [0.25, 0.3) is 0 Å². The van der Waals surface area contributed by atoms with Gasteiger partial charge in [0.25, 0.3) is 0 Å². The van der Waals surface area contributed by atoms with Gasteiger partial charge in [0.15, 0.2) is 0 Å². The molecule has 0 atom stereocenters. The van der Waals surface area contributed by atoms with Crippen LogP contribution in [-0.2, 0) is 4.74 Å². The van der Waals surface area contributed by atoms with Gasteiger partial charge in [-0.25, -0.2) is 4.79 Å². The van der Waals surface area contributed by atoms with Crippen molar-refractivity contribution >= 4 is 11.7 Å². The maximum absolute atomic E-state index is 11.4. The average Bonchev–Trinajstić information content (AvgIpc) is 2.28. The van der Waals surface area contributed by atoms with Crippen molar-refractivity contribution in [1.29, 1.82) is 0 Å². The number of rotatable bonds is 3. The van der Waals surface area contributed by atoms with Crippen LogP contribution in [0.1, 0.15) is 10.4 Å². The fourth-order valence-corrected chi connectivity index (χ4v) is 1.31. The highest BCUT2D eigenvalue weighted by molar-refractivity contribution is 5.95. The second kappa shape index (κ2) is 5.06. The predicted octanol–water partition coefficient (Wildman–Crippen LogP) is 1.54. The van der Waals surface area contributed by atoms with Crippen molar-refractivity contribution in [2.45, 2.75) is 0 Å². The van der Waals surface area contributed by atoms with Crippen LogP contribution in [0.3, 0.4) is 0 Å². The second-order valence-corrected chi connectivity index (χ2v) is 3.07. The summed E-state index contributed by atoms with van der Waals surface area (Å²) in [6.07, 6.45) is 5.22. The molecule has 3 heteroatoms. The summed E-state index contributed by atoms with van der Waals surface area (Å²) in [5.41, 5.74) is 1.31. The highest BCUT2D eigenvalue weighted by Gasteiger charge is 2.12. The van der Waals surface area contributed by atoms with E-state index in [1.807, 2.05) is 24.1 Å². The summed E-state index contributed by atoms with van der Waals surface area (Å²) in [4.78, 5) is 13.3. The Morgan fingerprint density at radius 1 is 1.53 bits per heavy atom. The number of hydrogen-bond donors (Lipinski definition) is 0. The number of anilines is 1. The van der Waals surface area contributed by atoms with Gasteiger partial charge in [-0.05, 0) is 12.1 Å². The molecule has 1 rings (SSSR count). The number of hydrogen-bond acceptors (Lipinski definition) is 3. The van der Waals surface area contributed by atoms with Crippen molar-refractivity contribution < 1.29 is 9.53 Å². The average molecular weight is 203 g/mol. The molecule has 15 heavy (non-hydrogen) atoms. The Morgan fingerprint density at radius 2 is 2.20 bits per heavy atom. The number of nitrogens with zero attached hydrogens (tertiary/aromatic N) is 1. The summed E-state index contributed by atoms with van der Waals surface area (Å²) in [5, 5.41) is 0. The van der Waals surface area contributed by atoms with Gasteiger partial charge < -0.3 is 9.64 Å². The minimum absolute atomic E-state index is 0.352. The fraction of sp³-hybridized carbons (Fsp3) is 0.250. The maximum Gasteiger partial charge on any atom is 0.339 e. The lowest BCUT2D eigenvalue weighted by Gasteiger charge is -2.18. The SMILES string of the molecule is C#CCN(C)c1ccccc1C(=O)OC. The van der Waals surface area contributed by atoms with E-state index in [0.29, 0.717) is 12.1 Å². The molecule has 78 valence electrons. The number of carbonyl (C=O) groups excluding carboxylic acids is 1. The van der Waals surface area contributed by atoms with Crippen molar-refractivity contribution in [3.63, 3.8) is 0 Å². The van der Waals surface area contributed by atoms with Gasteiger partial charge in [-0.15, -0.1) is 6.42 Å². The summed E-state index contributed by atoms with van der Waals surface area (Å²) in [6.45, 7) is 0.452. The van der Waals surface area contributed by atoms with Crippen LogP contribution < -0.4 is 4.90 Å². The molecule has 0 aromatic heterocycles. The largest absolute Gasteiger partial charge is 0.465 e. The van der Waals surface area contributed by atoms with Gasteiger partial charge in [-0.3, -0.25) is 0 Å². The van der Waals surface area contributed by atoms with Crippen LogP contribution in [0.4, 0.5) is 5.69 Å². The molecule has 0 aliphatic heterocycles. The van der Waals surface area contributed by atoms with Crippen LogP contribution in [0.5, 0.6) is 0 Å². The van der Waals surface area contributed by atoms with Crippen LogP contribution in [0.15, 0.2) is 24.3 Å². The van der Waals surface area contributed by atoms with Gasteiger partial charge in [-0.2, -0.15) is 0 Å². The molecule has 0 spiro atoms. The number of esters is 1. The highest BCUT2D eigenvalue weighted by atomic mass is 16.5.